The van der Waals surface area contributed by atoms with Crippen LogP contribution < -0.4 is 0 Å². The Morgan fingerprint density at radius 3 is 1.54 bits per heavy atom. The highest BCUT2D eigenvalue weighted by Gasteiger charge is 2.54. The van der Waals surface area contributed by atoms with Gasteiger partial charge in [0.15, 0.2) is 25.2 Å². The summed E-state index contributed by atoms with van der Waals surface area (Å²) in [6.07, 6.45) is -18.5. The number of carbonyl (C=O) groups excluding carboxylic acids is 2. The number of hydrogen-bond acceptors (Lipinski definition) is 21. The van der Waals surface area contributed by atoms with E-state index in [0.717, 1.165) is 6.26 Å². The second-order valence-electron chi connectivity index (χ2n) is 14.6. The van der Waals surface area contributed by atoms with Gasteiger partial charge in [-0.25, -0.2) is 9.59 Å². The minimum Gasteiger partial charge on any atom is -0.471 e. The Labute approximate surface area is 321 Å². The van der Waals surface area contributed by atoms with Crippen LogP contribution in [0.1, 0.15) is 26.7 Å². The Morgan fingerprint density at radius 1 is 0.625 bits per heavy atom. The summed E-state index contributed by atoms with van der Waals surface area (Å²) >= 11 is 0. The van der Waals surface area contributed by atoms with E-state index in [9.17, 15) is 45.3 Å². The molecule has 0 spiro atoms. The van der Waals surface area contributed by atoms with Crippen LogP contribution in [0.2, 0.25) is 0 Å². The van der Waals surface area contributed by atoms with E-state index in [1.807, 2.05) is 0 Å². The fourth-order valence-corrected chi connectivity index (χ4v) is 8.23. The van der Waals surface area contributed by atoms with E-state index >= 15 is 0 Å². The maximum atomic E-state index is 12.9. The molecule has 0 aromatic rings. The molecule has 4 fully saturated rings. The molecule has 0 unspecified atom stereocenters. The van der Waals surface area contributed by atoms with E-state index in [1.165, 1.54) is 27.6 Å². The second-order valence-corrected chi connectivity index (χ2v) is 14.6. The van der Waals surface area contributed by atoms with Crippen LogP contribution in [0, 0.1) is 23.7 Å². The molecule has 6 rings (SSSR count). The van der Waals surface area contributed by atoms with Gasteiger partial charge in [0.25, 0.3) is 0 Å². The van der Waals surface area contributed by atoms with Crippen LogP contribution in [0.5, 0.6) is 0 Å². The third-order valence-electron chi connectivity index (χ3n) is 11.3. The van der Waals surface area contributed by atoms with Gasteiger partial charge in [-0.15, -0.1) is 0 Å². The molecule has 0 radical (unpaired) electrons. The van der Waals surface area contributed by atoms with Crippen LogP contribution in [0.25, 0.3) is 0 Å². The fraction of sp³-hybridized carbons (Fsp3) is 0.829. The lowest BCUT2D eigenvalue weighted by molar-refractivity contribution is -0.362. The van der Waals surface area contributed by atoms with E-state index < -0.39 is 148 Å². The lowest BCUT2D eigenvalue weighted by atomic mass is 9.77. The Kier molecular flexibility index (Phi) is 13.9. The first-order valence-corrected chi connectivity index (χ1v) is 18.4. The molecule has 0 saturated carbocycles. The first kappa shape index (κ1) is 43.0. The fourth-order valence-electron chi connectivity index (χ4n) is 8.23. The zero-order valence-electron chi connectivity index (χ0n) is 31.4. The largest absolute Gasteiger partial charge is 0.471 e. The number of aliphatic hydroxyl groups excluding tert-OH is 7. The first-order chi connectivity index (χ1) is 26.7. The maximum Gasteiger partial charge on any atom is 0.337 e. The average molecular weight is 809 g/mol. The summed E-state index contributed by atoms with van der Waals surface area (Å²) in [4.78, 5) is 25.4. The number of hydrogen-bond donors (Lipinski definition) is 7. The number of fused-ring (bicyclic) bond motifs is 2. The van der Waals surface area contributed by atoms with Crippen molar-refractivity contribution in [3.05, 3.63) is 23.7 Å². The Bertz CT molecular complexity index is 1430. The minimum atomic E-state index is -1.75. The molecule has 21 heteroatoms. The smallest absolute Gasteiger partial charge is 0.337 e. The number of ether oxygens (including phenoxy) is 12. The maximum absolute atomic E-state index is 12.9. The van der Waals surface area contributed by atoms with E-state index in [2.05, 4.69) is 0 Å². The molecular formula is C35H52O21. The van der Waals surface area contributed by atoms with Crippen molar-refractivity contribution < 1.29 is 102 Å². The first-order valence-electron chi connectivity index (χ1n) is 18.4. The van der Waals surface area contributed by atoms with Gasteiger partial charge in [-0.2, -0.15) is 0 Å². The molecule has 0 amide bonds. The van der Waals surface area contributed by atoms with Crippen molar-refractivity contribution in [1.29, 1.82) is 0 Å². The van der Waals surface area contributed by atoms with Crippen LogP contribution in [0.15, 0.2) is 23.7 Å². The Morgan fingerprint density at radius 2 is 1.07 bits per heavy atom. The van der Waals surface area contributed by atoms with Gasteiger partial charge in [-0.1, -0.05) is 0 Å². The van der Waals surface area contributed by atoms with Crippen LogP contribution in [-0.2, 0) is 66.4 Å². The molecule has 6 aliphatic heterocycles. The molecule has 20 atom stereocenters. The summed E-state index contributed by atoms with van der Waals surface area (Å²) < 4.78 is 68.4. The van der Waals surface area contributed by atoms with E-state index in [-0.39, 0.29) is 24.0 Å². The number of methoxy groups -OCH3 is 3. The number of rotatable bonds is 11. The quantitative estimate of drug-likeness (QED) is 0.102. The zero-order valence-corrected chi connectivity index (χ0v) is 31.4. The summed E-state index contributed by atoms with van der Waals surface area (Å²) in [6.45, 7) is 2.33. The van der Waals surface area contributed by atoms with Crippen molar-refractivity contribution >= 4 is 11.9 Å². The number of aliphatic hydroxyl groups is 7. The van der Waals surface area contributed by atoms with Gasteiger partial charge < -0.3 is 92.6 Å². The number of esters is 2. The predicted octanol–water partition coefficient (Wildman–Crippen LogP) is -3.15. The molecule has 6 aliphatic rings. The summed E-state index contributed by atoms with van der Waals surface area (Å²) in [6, 6.07) is 0. The second kappa shape index (κ2) is 18.1. The van der Waals surface area contributed by atoms with Crippen molar-refractivity contribution in [2.75, 3.05) is 34.5 Å². The lowest BCUT2D eigenvalue weighted by Gasteiger charge is -2.48. The van der Waals surface area contributed by atoms with E-state index in [0.29, 0.717) is 0 Å². The summed E-state index contributed by atoms with van der Waals surface area (Å²) in [5.74, 6) is -3.85. The SMILES string of the molecule is COC(=O)C1=CO[C@@H](O[C@@H]2O[C@H](CO[C@@H]3C[C@@H]4C(C(=O)OC)=CO[C@@H](O[C@@H]5O[C@H](CO)[C@@H](O)[C@H](O)[C@H]5O)[C@@H]4[C@H](C)O3)[C@@H](O)[C@H](O)[C@H]2O)[C@@H]2[C@H](C)O[C@@H](OC)C[C@H]12. The standard InChI is InChI=1S/C35H52O21/c1-12-22-14(6-20(45-3)51-12)16(30(43)46-4)9-49-32(22)56-35-29(42)27(40)25(38)19(54-35)11-48-21-7-15-17(31(44)47-5)10-50-33(23(15)13(2)52-21)55-34-28(41)26(39)24(37)18(8-36)53-34/h9-10,12-15,18-29,32-42H,6-8,11H2,1-5H3/t12-,13-,14+,15+,18+,19+,20+,21-,22+,23+,24+,25+,26-,27-,28+,29+,32-,33-,34-,35-/m0/s1. The van der Waals surface area contributed by atoms with Crippen LogP contribution in [0.4, 0.5) is 0 Å². The summed E-state index contributed by atoms with van der Waals surface area (Å²) in [5, 5.41) is 73.3. The molecule has 0 bridgehead atoms. The van der Waals surface area contributed by atoms with Crippen molar-refractivity contribution in [3.8, 4) is 0 Å². The minimum absolute atomic E-state index is 0.00989. The highest BCUT2D eigenvalue weighted by atomic mass is 16.8. The van der Waals surface area contributed by atoms with Crippen molar-refractivity contribution in [3.63, 3.8) is 0 Å². The summed E-state index contributed by atoms with van der Waals surface area (Å²) in [7, 11) is 3.91. The normalized spacial score (nSPS) is 46.5. The molecule has 6 heterocycles. The van der Waals surface area contributed by atoms with Gasteiger partial charge in [0.2, 0.25) is 12.6 Å². The highest BCUT2D eigenvalue weighted by Crippen LogP contribution is 2.45. The van der Waals surface area contributed by atoms with E-state index in [4.69, 9.17) is 56.8 Å². The van der Waals surface area contributed by atoms with Gasteiger partial charge in [0.05, 0.1) is 75.1 Å². The third kappa shape index (κ3) is 8.44. The Balaban J connectivity index is 1.13. The summed E-state index contributed by atoms with van der Waals surface area (Å²) in [5.41, 5.74) is 0.357. The topological polar surface area (TPSA) is 287 Å². The van der Waals surface area contributed by atoms with Gasteiger partial charge >= 0.3 is 11.9 Å². The van der Waals surface area contributed by atoms with Crippen LogP contribution >= 0.6 is 0 Å². The van der Waals surface area contributed by atoms with Gasteiger partial charge in [-0.3, -0.25) is 0 Å². The molecule has 56 heavy (non-hydrogen) atoms. The Hall–Kier alpha value is -2.58. The molecule has 0 aromatic heterocycles. The third-order valence-corrected chi connectivity index (χ3v) is 11.3. The lowest BCUT2D eigenvalue weighted by Crippen LogP contribution is -2.61. The highest BCUT2D eigenvalue weighted by molar-refractivity contribution is 5.89. The van der Waals surface area contributed by atoms with Gasteiger partial charge in [0, 0.05) is 31.8 Å². The molecule has 0 aromatic carbocycles. The monoisotopic (exact) mass is 808 g/mol. The molecule has 4 saturated heterocycles. The van der Waals surface area contributed by atoms with E-state index in [1.54, 1.807) is 13.8 Å². The number of carbonyl (C=O) groups is 2. The van der Waals surface area contributed by atoms with Crippen molar-refractivity contribution in [1.82, 2.24) is 0 Å². The average Bonchev–Trinajstić information content (AvgIpc) is 3.19. The van der Waals surface area contributed by atoms with Crippen LogP contribution in [0.3, 0.4) is 0 Å². The van der Waals surface area contributed by atoms with Crippen molar-refractivity contribution in [2.45, 2.75) is 125 Å². The molecule has 21 nitrogen and oxygen atoms in total. The molecule has 7 N–H and O–H groups in total. The molecule has 0 aliphatic carbocycles. The molecule has 318 valence electrons. The van der Waals surface area contributed by atoms with Gasteiger partial charge in [0.1, 0.15) is 48.8 Å². The van der Waals surface area contributed by atoms with Crippen molar-refractivity contribution in [2.24, 2.45) is 23.7 Å². The molecular weight excluding hydrogens is 756 g/mol. The zero-order chi connectivity index (χ0) is 40.6. The van der Waals surface area contributed by atoms with Gasteiger partial charge in [-0.05, 0) is 13.8 Å². The predicted molar refractivity (Wildman–Crippen MR) is 177 cm³/mol. The van der Waals surface area contributed by atoms with Crippen LogP contribution in [-0.4, -0.2) is 181 Å².